The third kappa shape index (κ3) is 0.756. The summed E-state index contributed by atoms with van der Waals surface area (Å²) in [7, 11) is 1.87. The summed E-state index contributed by atoms with van der Waals surface area (Å²) in [6.45, 7) is 0. The molecule has 0 aliphatic carbocycles. The maximum Gasteiger partial charge on any atom is 0.202 e. The molecule has 0 aromatic carbocycles. The van der Waals surface area contributed by atoms with Crippen LogP contribution in [0.4, 0.5) is 5.95 Å². The predicted molar refractivity (Wildman–Crippen MR) is 42.9 cm³/mol. The minimum absolute atomic E-state index is 0.499. The summed E-state index contributed by atoms with van der Waals surface area (Å²) in [5.74, 6) is 0.499. The first kappa shape index (κ1) is 6.15. The molecule has 0 radical (unpaired) electrons. The zero-order valence-corrected chi connectivity index (χ0v) is 6.15. The van der Waals surface area contributed by atoms with Crippen LogP contribution in [-0.2, 0) is 7.05 Å². The van der Waals surface area contributed by atoms with Gasteiger partial charge in [0.1, 0.15) is 0 Å². The van der Waals surface area contributed by atoms with Gasteiger partial charge in [-0.2, -0.15) is 4.98 Å². The maximum absolute atomic E-state index is 5.56. The molecule has 0 spiro atoms. The van der Waals surface area contributed by atoms with Crippen molar-refractivity contribution in [2.75, 3.05) is 5.73 Å². The Labute approximate surface area is 63.7 Å². The van der Waals surface area contributed by atoms with E-state index in [0.29, 0.717) is 11.6 Å². The van der Waals surface area contributed by atoms with E-state index in [1.807, 2.05) is 23.7 Å². The van der Waals surface area contributed by atoms with Crippen molar-refractivity contribution >= 4 is 17.1 Å². The highest BCUT2D eigenvalue weighted by Crippen LogP contribution is 2.11. The first-order chi connectivity index (χ1) is 5.29. The largest absolute Gasteiger partial charge is 0.369 e. The van der Waals surface area contributed by atoms with Crippen molar-refractivity contribution in [3.63, 3.8) is 0 Å². The fourth-order valence-corrected chi connectivity index (χ4v) is 1.04. The predicted octanol–water partition coefficient (Wildman–Crippen LogP) is 0.550. The Morgan fingerprint density at radius 2 is 2.36 bits per heavy atom. The van der Waals surface area contributed by atoms with E-state index in [2.05, 4.69) is 9.97 Å². The Hall–Kier alpha value is -1.58. The van der Waals surface area contributed by atoms with Crippen molar-refractivity contribution in [3.8, 4) is 0 Å². The Balaban J connectivity index is 2.92. The molecule has 2 aromatic heterocycles. The zero-order chi connectivity index (χ0) is 7.84. The average Bonchev–Trinajstić information content (AvgIpc) is 2.30. The van der Waals surface area contributed by atoms with Gasteiger partial charge in [0, 0.05) is 13.2 Å². The normalized spacial score (nSPS) is 10.6. The van der Waals surface area contributed by atoms with E-state index >= 15 is 0 Å². The van der Waals surface area contributed by atoms with E-state index in [-0.39, 0.29) is 0 Å². The van der Waals surface area contributed by atoms with Gasteiger partial charge < -0.3 is 10.3 Å². The quantitative estimate of drug-likeness (QED) is 0.593. The van der Waals surface area contributed by atoms with Crippen LogP contribution in [0.1, 0.15) is 0 Å². The molecule has 0 aliphatic heterocycles. The Morgan fingerprint density at radius 1 is 1.55 bits per heavy atom. The molecule has 4 heteroatoms. The monoisotopic (exact) mass is 148 g/mol. The molecule has 0 saturated heterocycles. The van der Waals surface area contributed by atoms with Gasteiger partial charge in [-0.15, -0.1) is 0 Å². The fourth-order valence-electron chi connectivity index (χ4n) is 1.04. The van der Waals surface area contributed by atoms with Gasteiger partial charge in [-0.3, -0.25) is 0 Å². The van der Waals surface area contributed by atoms with Crippen LogP contribution in [0.25, 0.3) is 11.2 Å². The molecule has 0 saturated carbocycles. The van der Waals surface area contributed by atoms with Crippen molar-refractivity contribution < 1.29 is 0 Å². The molecule has 0 unspecified atom stereocenters. The van der Waals surface area contributed by atoms with Crippen LogP contribution in [-0.4, -0.2) is 14.5 Å². The van der Waals surface area contributed by atoms with Crippen molar-refractivity contribution in [2.24, 2.45) is 7.05 Å². The maximum atomic E-state index is 5.56. The van der Waals surface area contributed by atoms with Crippen molar-refractivity contribution in [1.82, 2.24) is 14.5 Å². The molecule has 0 amide bonds. The van der Waals surface area contributed by atoms with Gasteiger partial charge in [0.15, 0.2) is 5.65 Å². The van der Waals surface area contributed by atoms with Crippen LogP contribution in [0, 0.1) is 0 Å². The lowest BCUT2D eigenvalue weighted by Crippen LogP contribution is -1.95. The first-order valence-corrected chi connectivity index (χ1v) is 3.32. The highest BCUT2D eigenvalue weighted by atomic mass is 15.2. The first-order valence-electron chi connectivity index (χ1n) is 3.32. The molecule has 0 bridgehead atoms. The van der Waals surface area contributed by atoms with Crippen LogP contribution >= 0.6 is 0 Å². The third-order valence-electron chi connectivity index (χ3n) is 1.69. The average molecular weight is 148 g/mol. The molecule has 2 heterocycles. The number of rotatable bonds is 0. The lowest BCUT2D eigenvalue weighted by atomic mass is 10.4. The summed E-state index contributed by atoms with van der Waals surface area (Å²) in [6, 6.07) is 3.80. The molecule has 0 aliphatic rings. The number of nitrogens with zero attached hydrogens (tertiary/aromatic N) is 3. The minimum Gasteiger partial charge on any atom is -0.369 e. The smallest absolute Gasteiger partial charge is 0.202 e. The third-order valence-corrected chi connectivity index (χ3v) is 1.69. The van der Waals surface area contributed by atoms with Crippen LogP contribution in [0.5, 0.6) is 0 Å². The number of fused-ring (bicyclic) bond motifs is 1. The van der Waals surface area contributed by atoms with E-state index in [1.54, 1.807) is 6.20 Å². The lowest BCUT2D eigenvalue weighted by molar-refractivity contribution is 0.965. The zero-order valence-electron chi connectivity index (χ0n) is 6.15. The number of imidazole rings is 1. The van der Waals surface area contributed by atoms with Gasteiger partial charge in [-0.25, -0.2) is 4.98 Å². The molecule has 2 rings (SSSR count). The van der Waals surface area contributed by atoms with Crippen LogP contribution in [0.15, 0.2) is 18.3 Å². The minimum atomic E-state index is 0.499. The van der Waals surface area contributed by atoms with Crippen molar-refractivity contribution in [2.45, 2.75) is 0 Å². The molecule has 4 nitrogen and oxygen atoms in total. The molecular weight excluding hydrogens is 140 g/mol. The summed E-state index contributed by atoms with van der Waals surface area (Å²) >= 11 is 0. The summed E-state index contributed by atoms with van der Waals surface area (Å²) in [5.41, 5.74) is 7.23. The molecule has 0 fully saturated rings. The van der Waals surface area contributed by atoms with Crippen LogP contribution in [0.2, 0.25) is 0 Å². The van der Waals surface area contributed by atoms with Gasteiger partial charge >= 0.3 is 0 Å². The molecule has 56 valence electrons. The highest BCUT2D eigenvalue weighted by molar-refractivity contribution is 5.73. The van der Waals surface area contributed by atoms with Gasteiger partial charge in [0.05, 0.1) is 5.52 Å². The summed E-state index contributed by atoms with van der Waals surface area (Å²) in [4.78, 5) is 8.09. The van der Waals surface area contributed by atoms with E-state index in [0.717, 1.165) is 5.52 Å². The number of hydrogen-bond acceptors (Lipinski definition) is 3. The molecule has 0 atom stereocenters. The summed E-state index contributed by atoms with van der Waals surface area (Å²) < 4.78 is 1.81. The van der Waals surface area contributed by atoms with Gasteiger partial charge in [-0.05, 0) is 12.1 Å². The number of nitrogens with two attached hydrogens (primary N) is 1. The van der Waals surface area contributed by atoms with Crippen molar-refractivity contribution in [1.29, 1.82) is 0 Å². The van der Waals surface area contributed by atoms with Crippen LogP contribution in [0.3, 0.4) is 0 Å². The second-order valence-corrected chi connectivity index (χ2v) is 2.38. The van der Waals surface area contributed by atoms with E-state index in [1.165, 1.54) is 0 Å². The lowest BCUT2D eigenvalue weighted by Gasteiger charge is -1.92. The molecular formula is C7H8N4. The number of anilines is 1. The van der Waals surface area contributed by atoms with E-state index < -0.39 is 0 Å². The van der Waals surface area contributed by atoms with E-state index in [4.69, 9.17) is 5.73 Å². The number of nitrogen functional groups attached to an aromatic ring is 1. The Kier molecular flexibility index (Phi) is 1.09. The van der Waals surface area contributed by atoms with E-state index in [9.17, 15) is 0 Å². The topological polar surface area (TPSA) is 56.7 Å². The standard InChI is InChI=1S/C7H8N4/c1-11-5-3-2-4-9-6(5)10-7(11)8/h2-4H,1H3,(H2,8,9,10). The second kappa shape index (κ2) is 1.95. The SMILES string of the molecule is Cn1c(N)nc2ncccc21. The number of pyridine rings is 1. The Morgan fingerprint density at radius 3 is 3.09 bits per heavy atom. The van der Waals surface area contributed by atoms with Crippen molar-refractivity contribution in [3.05, 3.63) is 18.3 Å². The molecule has 11 heavy (non-hydrogen) atoms. The molecule has 2 aromatic rings. The Bertz CT molecular complexity index is 390. The number of hydrogen-bond donors (Lipinski definition) is 1. The van der Waals surface area contributed by atoms with Gasteiger partial charge in [-0.1, -0.05) is 0 Å². The fraction of sp³-hybridized carbons (Fsp3) is 0.143. The van der Waals surface area contributed by atoms with Gasteiger partial charge in [0.25, 0.3) is 0 Å². The summed E-state index contributed by atoms with van der Waals surface area (Å²) in [6.07, 6.45) is 1.70. The number of aryl methyl sites for hydroxylation is 1. The highest BCUT2D eigenvalue weighted by Gasteiger charge is 2.02. The van der Waals surface area contributed by atoms with Crippen LogP contribution < -0.4 is 5.73 Å². The second-order valence-electron chi connectivity index (χ2n) is 2.38. The summed E-state index contributed by atoms with van der Waals surface area (Å²) in [5, 5.41) is 0. The number of aromatic nitrogens is 3. The molecule has 2 N–H and O–H groups in total. The van der Waals surface area contributed by atoms with Gasteiger partial charge in [0.2, 0.25) is 5.95 Å².